The van der Waals surface area contributed by atoms with Crippen molar-refractivity contribution in [2.45, 2.75) is 69.4 Å². The zero-order valence-electron chi connectivity index (χ0n) is 17.9. The van der Waals surface area contributed by atoms with Gasteiger partial charge in [-0.3, -0.25) is 4.79 Å². The average molecular weight is 518 g/mol. The highest BCUT2D eigenvalue weighted by Gasteiger charge is 2.41. The molecule has 0 bridgehead atoms. The summed E-state index contributed by atoms with van der Waals surface area (Å²) in [7, 11) is 0. The number of aliphatic carboxylic acids is 1. The molecule has 9 heteroatoms. The number of aliphatic hydroxyl groups excluding tert-OH is 1. The maximum Gasteiger partial charge on any atom is 0.410 e. The number of hydrogen-bond acceptors (Lipinski definition) is 4. The van der Waals surface area contributed by atoms with Crippen LogP contribution in [0, 0.1) is 11.8 Å². The van der Waals surface area contributed by atoms with Gasteiger partial charge in [-0.2, -0.15) is 8.78 Å². The Kier molecular flexibility index (Phi) is 8.49. The van der Waals surface area contributed by atoms with Crippen LogP contribution in [0.15, 0.2) is 28.7 Å². The molecule has 2 fully saturated rings. The zero-order valence-corrected chi connectivity index (χ0v) is 19.5. The van der Waals surface area contributed by atoms with E-state index in [9.17, 15) is 23.5 Å². The third-order valence-corrected chi connectivity index (χ3v) is 7.22. The predicted molar refractivity (Wildman–Crippen MR) is 117 cm³/mol. The first-order chi connectivity index (χ1) is 15.2. The highest BCUT2D eigenvalue weighted by molar-refractivity contribution is 9.10. The Morgan fingerprint density at radius 1 is 1.22 bits per heavy atom. The summed E-state index contributed by atoms with van der Waals surface area (Å²) in [6.07, 6.45) is 1.97. The second kappa shape index (κ2) is 10.9. The molecule has 32 heavy (non-hydrogen) atoms. The third-order valence-electron chi connectivity index (χ3n) is 6.73. The molecule has 1 aliphatic carbocycles. The maximum atomic E-state index is 14.7. The fraction of sp³-hybridized carbons (Fsp3) is 0.652. The standard InChI is InChI=1S/C23H30BrF2NO5/c24-18-3-1-2-17(14-18)23(25,26)20(28)9-8-19-11-13-32-22(31)27(19)12-10-15-4-6-16(7-5-15)21(29)30/h1-3,14-16,19-20,28H,4-13H2,(H,29,30)/t15?,16?,19-,20+/m0/s1. The smallest absolute Gasteiger partial charge is 0.410 e. The summed E-state index contributed by atoms with van der Waals surface area (Å²) in [6, 6.07) is 5.47. The topological polar surface area (TPSA) is 87.1 Å². The minimum Gasteiger partial charge on any atom is -0.481 e. The number of alkyl halides is 2. The van der Waals surface area contributed by atoms with Crippen LogP contribution in [-0.4, -0.2) is 52.5 Å². The Balaban J connectivity index is 1.54. The molecule has 3 rings (SSSR count). The molecule has 1 heterocycles. The number of amides is 1. The first-order valence-corrected chi connectivity index (χ1v) is 12.0. The van der Waals surface area contributed by atoms with E-state index in [2.05, 4.69) is 15.9 Å². The monoisotopic (exact) mass is 517 g/mol. The lowest BCUT2D eigenvalue weighted by Crippen LogP contribution is -2.47. The van der Waals surface area contributed by atoms with Crippen molar-refractivity contribution in [3.63, 3.8) is 0 Å². The maximum absolute atomic E-state index is 14.7. The van der Waals surface area contributed by atoms with Gasteiger partial charge in [0.2, 0.25) is 0 Å². The molecule has 2 atom stereocenters. The highest BCUT2D eigenvalue weighted by Crippen LogP contribution is 2.36. The molecule has 1 amide bonds. The highest BCUT2D eigenvalue weighted by atomic mass is 79.9. The van der Waals surface area contributed by atoms with E-state index in [1.807, 2.05) is 0 Å². The van der Waals surface area contributed by atoms with Crippen LogP contribution in [-0.2, 0) is 15.5 Å². The first kappa shape index (κ1) is 24.9. The van der Waals surface area contributed by atoms with Gasteiger partial charge in [0, 0.05) is 29.0 Å². The van der Waals surface area contributed by atoms with Crippen LogP contribution in [0.25, 0.3) is 0 Å². The van der Waals surface area contributed by atoms with Gasteiger partial charge in [-0.05, 0) is 63.0 Å². The van der Waals surface area contributed by atoms with Crippen molar-refractivity contribution in [2.24, 2.45) is 11.8 Å². The van der Waals surface area contributed by atoms with E-state index < -0.39 is 24.1 Å². The Morgan fingerprint density at radius 3 is 2.59 bits per heavy atom. The number of halogens is 3. The number of carboxylic acids is 1. The van der Waals surface area contributed by atoms with Gasteiger partial charge in [-0.1, -0.05) is 28.1 Å². The van der Waals surface area contributed by atoms with Gasteiger partial charge in [0.15, 0.2) is 0 Å². The summed E-state index contributed by atoms with van der Waals surface area (Å²) >= 11 is 3.18. The summed E-state index contributed by atoms with van der Waals surface area (Å²) in [4.78, 5) is 25.0. The van der Waals surface area contributed by atoms with Crippen LogP contribution in [0.1, 0.15) is 56.9 Å². The lowest BCUT2D eigenvalue weighted by molar-refractivity contribution is -0.143. The Labute approximate surface area is 195 Å². The SMILES string of the molecule is O=C(O)C1CCC(CCN2C(=O)OCC[C@@H]2CC[C@@H](O)C(F)(F)c2cccc(Br)c2)CC1. The van der Waals surface area contributed by atoms with E-state index in [4.69, 9.17) is 9.84 Å². The number of hydrogen-bond donors (Lipinski definition) is 2. The molecule has 1 aliphatic heterocycles. The van der Waals surface area contributed by atoms with Crippen LogP contribution in [0.5, 0.6) is 0 Å². The fourth-order valence-electron chi connectivity index (χ4n) is 4.68. The minimum absolute atomic E-state index is 0.141. The van der Waals surface area contributed by atoms with Crippen LogP contribution in [0.4, 0.5) is 13.6 Å². The lowest BCUT2D eigenvalue weighted by atomic mass is 9.80. The molecule has 1 aromatic carbocycles. The van der Waals surface area contributed by atoms with Crippen molar-refractivity contribution in [1.82, 2.24) is 4.90 Å². The van der Waals surface area contributed by atoms with E-state index in [0.717, 1.165) is 19.3 Å². The first-order valence-electron chi connectivity index (χ1n) is 11.2. The molecule has 2 aliphatic rings. The zero-order chi connectivity index (χ0) is 23.3. The average Bonchev–Trinajstić information content (AvgIpc) is 2.77. The van der Waals surface area contributed by atoms with Gasteiger partial charge in [0.05, 0.1) is 12.5 Å². The number of rotatable bonds is 9. The van der Waals surface area contributed by atoms with Gasteiger partial charge in [-0.15, -0.1) is 0 Å². The van der Waals surface area contributed by atoms with E-state index in [0.29, 0.717) is 36.2 Å². The van der Waals surface area contributed by atoms with E-state index >= 15 is 0 Å². The number of cyclic esters (lactones) is 1. The van der Waals surface area contributed by atoms with Crippen LogP contribution in [0.2, 0.25) is 0 Å². The van der Waals surface area contributed by atoms with Gasteiger partial charge >= 0.3 is 12.1 Å². The number of carbonyl (C=O) groups excluding carboxylic acids is 1. The number of carbonyl (C=O) groups is 2. The number of benzene rings is 1. The van der Waals surface area contributed by atoms with Crippen molar-refractivity contribution < 1.29 is 33.3 Å². The molecular formula is C23H30BrF2NO5. The molecule has 2 N–H and O–H groups in total. The van der Waals surface area contributed by atoms with Gasteiger partial charge in [0.1, 0.15) is 6.10 Å². The van der Waals surface area contributed by atoms with Crippen molar-refractivity contribution in [3.8, 4) is 0 Å². The van der Waals surface area contributed by atoms with Crippen molar-refractivity contribution in [2.75, 3.05) is 13.2 Å². The normalized spacial score (nSPS) is 25.3. The predicted octanol–water partition coefficient (Wildman–Crippen LogP) is 5.17. The second-order valence-corrected chi connectivity index (χ2v) is 9.74. The summed E-state index contributed by atoms with van der Waals surface area (Å²) < 4.78 is 35.1. The fourth-order valence-corrected chi connectivity index (χ4v) is 5.08. The molecular weight excluding hydrogens is 488 g/mol. The lowest BCUT2D eigenvalue weighted by Gasteiger charge is -2.37. The molecule has 0 unspecified atom stereocenters. The molecule has 1 aromatic rings. The quantitative estimate of drug-likeness (QED) is 0.471. The summed E-state index contributed by atoms with van der Waals surface area (Å²) in [5, 5.41) is 19.4. The van der Waals surface area contributed by atoms with Crippen LogP contribution >= 0.6 is 15.9 Å². The molecule has 1 saturated heterocycles. The molecule has 0 aromatic heterocycles. The van der Waals surface area contributed by atoms with Crippen LogP contribution < -0.4 is 0 Å². The van der Waals surface area contributed by atoms with Gasteiger partial charge in [0.25, 0.3) is 5.92 Å². The Hall–Kier alpha value is -1.74. The molecule has 178 valence electrons. The van der Waals surface area contributed by atoms with E-state index in [-0.39, 0.29) is 37.0 Å². The number of nitrogens with zero attached hydrogens (tertiary/aromatic N) is 1. The number of ether oxygens (including phenoxy) is 1. The van der Waals surface area contributed by atoms with Crippen molar-refractivity contribution >= 4 is 28.0 Å². The van der Waals surface area contributed by atoms with Crippen molar-refractivity contribution in [3.05, 3.63) is 34.3 Å². The Morgan fingerprint density at radius 2 is 1.94 bits per heavy atom. The molecule has 0 spiro atoms. The largest absolute Gasteiger partial charge is 0.481 e. The van der Waals surface area contributed by atoms with Crippen molar-refractivity contribution in [1.29, 1.82) is 0 Å². The summed E-state index contributed by atoms with van der Waals surface area (Å²) in [5.41, 5.74) is -0.253. The number of carboxylic acid groups (broad SMARTS) is 1. The number of aliphatic hydroxyl groups is 1. The summed E-state index contributed by atoms with van der Waals surface area (Å²) in [5.74, 6) is -4.09. The third kappa shape index (κ3) is 6.19. The summed E-state index contributed by atoms with van der Waals surface area (Å²) in [6.45, 7) is 0.686. The van der Waals surface area contributed by atoms with Gasteiger partial charge < -0.3 is 19.8 Å². The van der Waals surface area contributed by atoms with Gasteiger partial charge in [-0.25, -0.2) is 4.79 Å². The molecule has 6 nitrogen and oxygen atoms in total. The van der Waals surface area contributed by atoms with E-state index in [1.54, 1.807) is 11.0 Å². The van der Waals surface area contributed by atoms with E-state index in [1.165, 1.54) is 18.2 Å². The Bertz CT molecular complexity index is 800. The molecule has 0 radical (unpaired) electrons. The van der Waals surface area contributed by atoms with Crippen LogP contribution in [0.3, 0.4) is 0 Å². The molecule has 1 saturated carbocycles. The minimum atomic E-state index is -3.40. The second-order valence-electron chi connectivity index (χ2n) is 8.82.